The fraction of sp³-hybridized carbons (Fsp3) is 0.357. The van der Waals surface area contributed by atoms with Crippen molar-refractivity contribution >= 4 is 28.4 Å². The number of nitrogen functional groups attached to an aromatic ring is 1. The van der Waals surface area contributed by atoms with E-state index in [0.717, 1.165) is 5.52 Å². The lowest BCUT2D eigenvalue weighted by Crippen LogP contribution is -2.34. The van der Waals surface area contributed by atoms with Crippen molar-refractivity contribution in [1.29, 1.82) is 0 Å². The van der Waals surface area contributed by atoms with Gasteiger partial charge in [-0.05, 0) is 32.0 Å². The van der Waals surface area contributed by atoms with Gasteiger partial charge in [0.15, 0.2) is 5.69 Å². The number of H-pyrrole nitrogens is 1. The molecule has 1 aromatic carbocycles. The number of amides is 2. The highest BCUT2D eigenvalue weighted by molar-refractivity contribution is 6.05. The summed E-state index contributed by atoms with van der Waals surface area (Å²) >= 11 is 0. The van der Waals surface area contributed by atoms with E-state index in [-0.39, 0.29) is 36.5 Å². The number of aromatic amines is 1. The van der Waals surface area contributed by atoms with Gasteiger partial charge in [0, 0.05) is 30.1 Å². The molecule has 0 saturated carbocycles. The predicted molar refractivity (Wildman–Crippen MR) is 80.7 cm³/mol. The molecule has 0 spiro atoms. The smallest absolute Gasteiger partial charge is 0.272 e. The molecule has 5 N–H and O–H groups in total. The summed E-state index contributed by atoms with van der Waals surface area (Å²) in [5, 5.41) is 12.9. The zero-order valence-electron chi connectivity index (χ0n) is 12.1. The molecule has 0 atom stereocenters. The molecule has 1 aromatic heterocycles. The van der Waals surface area contributed by atoms with Gasteiger partial charge >= 0.3 is 0 Å². The summed E-state index contributed by atoms with van der Waals surface area (Å²) in [5.74, 6) is -0.425. The van der Waals surface area contributed by atoms with Gasteiger partial charge < -0.3 is 16.4 Å². The number of nitrogens with two attached hydrogens (primary N) is 1. The van der Waals surface area contributed by atoms with Crippen LogP contribution in [0.5, 0.6) is 0 Å². The summed E-state index contributed by atoms with van der Waals surface area (Å²) in [6, 6.07) is 5.29. The normalized spacial score (nSPS) is 10.8. The summed E-state index contributed by atoms with van der Waals surface area (Å²) in [4.78, 5) is 23.5. The van der Waals surface area contributed by atoms with E-state index < -0.39 is 0 Å². The van der Waals surface area contributed by atoms with Gasteiger partial charge in [0.25, 0.3) is 5.91 Å². The van der Waals surface area contributed by atoms with Crippen molar-refractivity contribution in [3.63, 3.8) is 0 Å². The highest BCUT2D eigenvalue weighted by atomic mass is 16.2. The van der Waals surface area contributed by atoms with E-state index in [1.165, 1.54) is 0 Å². The lowest BCUT2D eigenvalue weighted by atomic mass is 10.2. The molecule has 0 aliphatic heterocycles. The number of nitrogens with one attached hydrogen (secondary N) is 3. The maximum atomic E-state index is 12.1. The van der Waals surface area contributed by atoms with Crippen molar-refractivity contribution in [2.45, 2.75) is 26.3 Å². The van der Waals surface area contributed by atoms with Gasteiger partial charge in [-0.1, -0.05) is 0 Å². The number of anilines is 1. The van der Waals surface area contributed by atoms with Crippen molar-refractivity contribution in [2.75, 3.05) is 12.3 Å². The van der Waals surface area contributed by atoms with Crippen LogP contribution in [0.4, 0.5) is 5.69 Å². The maximum absolute atomic E-state index is 12.1. The lowest BCUT2D eigenvalue weighted by Gasteiger charge is -2.08. The van der Waals surface area contributed by atoms with Crippen LogP contribution in [0, 0.1) is 0 Å². The number of carbonyl (C=O) groups is 2. The summed E-state index contributed by atoms with van der Waals surface area (Å²) in [6.07, 6.45) is 0.231. The molecule has 0 unspecified atom stereocenters. The molecule has 0 saturated heterocycles. The van der Waals surface area contributed by atoms with E-state index in [4.69, 9.17) is 5.73 Å². The van der Waals surface area contributed by atoms with Crippen LogP contribution in [0.3, 0.4) is 0 Å². The number of nitrogens with zero attached hydrogens (tertiary/aromatic N) is 1. The third kappa shape index (κ3) is 3.71. The Labute approximate surface area is 122 Å². The molecule has 112 valence electrons. The molecule has 21 heavy (non-hydrogen) atoms. The van der Waals surface area contributed by atoms with Crippen molar-refractivity contribution < 1.29 is 9.59 Å². The Hall–Kier alpha value is -2.57. The van der Waals surface area contributed by atoms with E-state index in [2.05, 4.69) is 20.8 Å². The average molecular weight is 289 g/mol. The Morgan fingerprint density at radius 1 is 1.38 bits per heavy atom. The first-order valence-corrected chi connectivity index (χ1v) is 6.78. The quantitative estimate of drug-likeness (QED) is 0.609. The Balaban J connectivity index is 1.96. The molecule has 2 amide bonds. The largest absolute Gasteiger partial charge is 0.399 e. The minimum Gasteiger partial charge on any atom is -0.399 e. The molecule has 1 heterocycles. The molecule has 0 radical (unpaired) electrons. The van der Waals surface area contributed by atoms with E-state index in [1.54, 1.807) is 18.2 Å². The van der Waals surface area contributed by atoms with Gasteiger partial charge in [0.1, 0.15) is 0 Å². The molecule has 0 aliphatic carbocycles. The highest BCUT2D eigenvalue weighted by Gasteiger charge is 2.14. The second-order valence-electron chi connectivity index (χ2n) is 5.11. The fourth-order valence-electron chi connectivity index (χ4n) is 1.97. The van der Waals surface area contributed by atoms with Crippen LogP contribution in [0.1, 0.15) is 30.8 Å². The Morgan fingerprint density at radius 2 is 2.14 bits per heavy atom. The van der Waals surface area contributed by atoms with E-state index in [0.29, 0.717) is 11.1 Å². The number of carbonyl (C=O) groups excluding carboxylic acids is 2. The SMILES string of the molecule is CC(C)NC(=O)CCNC(=O)c1n[nH]c2ccc(N)cc12. The first-order valence-electron chi connectivity index (χ1n) is 6.78. The number of aromatic nitrogens is 2. The number of benzene rings is 1. The second kappa shape index (κ2) is 6.25. The highest BCUT2D eigenvalue weighted by Crippen LogP contribution is 2.18. The van der Waals surface area contributed by atoms with Gasteiger partial charge in [0.05, 0.1) is 5.52 Å². The number of rotatable bonds is 5. The molecule has 0 fully saturated rings. The zero-order valence-corrected chi connectivity index (χ0v) is 12.1. The van der Waals surface area contributed by atoms with Crippen LogP contribution in [-0.4, -0.2) is 34.6 Å². The van der Waals surface area contributed by atoms with Crippen molar-refractivity contribution in [3.05, 3.63) is 23.9 Å². The molecular formula is C14H19N5O2. The van der Waals surface area contributed by atoms with Gasteiger partial charge in [-0.15, -0.1) is 0 Å². The molecule has 2 aromatic rings. The minimum atomic E-state index is -0.329. The van der Waals surface area contributed by atoms with Crippen molar-refractivity contribution in [2.24, 2.45) is 0 Å². The molecule has 7 nitrogen and oxygen atoms in total. The third-order valence-electron chi connectivity index (χ3n) is 2.89. The van der Waals surface area contributed by atoms with Gasteiger partial charge in [-0.2, -0.15) is 5.10 Å². The molecule has 0 bridgehead atoms. The van der Waals surface area contributed by atoms with Crippen LogP contribution in [0.25, 0.3) is 10.9 Å². The first kappa shape index (κ1) is 14.8. The Bertz CT molecular complexity index is 662. The third-order valence-corrected chi connectivity index (χ3v) is 2.89. The summed E-state index contributed by atoms with van der Waals surface area (Å²) in [6.45, 7) is 4.03. The zero-order chi connectivity index (χ0) is 15.4. The first-order chi connectivity index (χ1) is 9.97. The van der Waals surface area contributed by atoms with Crippen molar-refractivity contribution in [3.8, 4) is 0 Å². The molecular weight excluding hydrogens is 270 g/mol. The Kier molecular flexibility index (Phi) is 4.42. The number of hydrogen-bond donors (Lipinski definition) is 4. The van der Waals surface area contributed by atoms with Crippen LogP contribution in [0.15, 0.2) is 18.2 Å². The van der Waals surface area contributed by atoms with Crippen LogP contribution < -0.4 is 16.4 Å². The number of hydrogen-bond acceptors (Lipinski definition) is 4. The average Bonchev–Trinajstić information content (AvgIpc) is 2.80. The summed E-state index contributed by atoms with van der Waals surface area (Å²) < 4.78 is 0. The van der Waals surface area contributed by atoms with Gasteiger partial charge in [-0.25, -0.2) is 0 Å². The summed E-state index contributed by atoms with van der Waals surface area (Å²) in [7, 11) is 0. The van der Waals surface area contributed by atoms with Gasteiger partial charge in [-0.3, -0.25) is 14.7 Å². The van der Waals surface area contributed by atoms with Crippen LogP contribution >= 0.6 is 0 Å². The van der Waals surface area contributed by atoms with E-state index >= 15 is 0 Å². The predicted octanol–water partition coefficient (Wildman–Crippen LogP) is 0.790. The van der Waals surface area contributed by atoms with Crippen molar-refractivity contribution in [1.82, 2.24) is 20.8 Å². The van der Waals surface area contributed by atoms with Gasteiger partial charge in [0.2, 0.25) is 5.91 Å². The lowest BCUT2D eigenvalue weighted by molar-refractivity contribution is -0.121. The number of fused-ring (bicyclic) bond motifs is 1. The standard InChI is InChI=1S/C14H19N5O2/c1-8(2)17-12(20)5-6-16-14(21)13-10-7-9(15)3-4-11(10)18-19-13/h3-4,7-8H,5-6,15H2,1-2H3,(H,16,21)(H,17,20)(H,18,19). The molecule has 0 aliphatic rings. The molecule has 2 rings (SSSR count). The topological polar surface area (TPSA) is 113 Å². The fourth-order valence-corrected chi connectivity index (χ4v) is 1.97. The summed E-state index contributed by atoms with van der Waals surface area (Å²) in [5.41, 5.74) is 7.30. The van der Waals surface area contributed by atoms with E-state index in [9.17, 15) is 9.59 Å². The Morgan fingerprint density at radius 3 is 2.86 bits per heavy atom. The monoisotopic (exact) mass is 289 g/mol. The van der Waals surface area contributed by atoms with Crippen LogP contribution in [-0.2, 0) is 4.79 Å². The second-order valence-corrected chi connectivity index (χ2v) is 5.11. The van der Waals surface area contributed by atoms with Crippen LogP contribution in [0.2, 0.25) is 0 Å². The van der Waals surface area contributed by atoms with E-state index in [1.807, 2.05) is 13.8 Å². The molecule has 7 heteroatoms. The minimum absolute atomic E-state index is 0.0893. The maximum Gasteiger partial charge on any atom is 0.272 e.